The second-order valence-corrected chi connectivity index (χ2v) is 4.61. The van der Waals surface area contributed by atoms with E-state index in [9.17, 15) is 4.79 Å². The molecule has 3 nitrogen and oxygen atoms in total. The van der Waals surface area contributed by atoms with Gasteiger partial charge in [0.25, 0.3) is 5.91 Å². The highest BCUT2D eigenvalue weighted by Gasteiger charge is 2.04. The molecular weight excluding hydrogens is 212 g/mol. The number of nitrogens with one attached hydrogen (secondary N) is 1. The molecule has 1 amide bonds. The fraction of sp³-hybridized carbons (Fsp3) is 0.500. The van der Waals surface area contributed by atoms with Crippen molar-refractivity contribution in [1.29, 1.82) is 0 Å². The Morgan fingerprint density at radius 1 is 1.47 bits per heavy atom. The molecule has 0 aliphatic carbocycles. The van der Waals surface area contributed by atoms with Crippen molar-refractivity contribution in [2.75, 3.05) is 13.1 Å². The van der Waals surface area contributed by atoms with Crippen LogP contribution in [0.1, 0.15) is 35.7 Å². The van der Waals surface area contributed by atoms with Crippen LogP contribution in [0.5, 0.6) is 0 Å². The van der Waals surface area contributed by atoms with Crippen molar-refractivity contribution < 1.29 is 4.79 Å². The van der Waals surface area contributed by atoms with Crippen LogP contribution in [-0.2, 0) is 0 Å². The van der Waals surface area contributed by atoms with Gasteiger partial charge in [-0.25, -0.2) is 0 Å². The Labute approximate surface area is 103 Å². The summed E-state index contributed by atoms with van der Waals surface area (Å²) in [6.45, 7) is 5.55. The molecule has 94 valence electrons. The molecule has 0 spiro atoms. The highest BCUT2D eigenvalue weighted by molar-refractivity contribution is 5.94. The lowest BCUT2D eigenvalue weighted by molar-refractivity contribution is 0.0952. The van der Waals surface area contributed by atoms with Crippen molar-refractivity contribution in [3.05, 3.63) is 35.4 Å². The number of hydrogen-bond donors (Lipinski definition) is 2. The molecular formula is C14H22N2O. The Balaban J connectivity index is 2.30. The SMILES string of the molecule is Cc1cccc(C(=O)NCCCC(C)CN)c1. The lowest BCUT2D eigenvalue weighted by atomic mass is 10.1. The molecule has 0 saturated carbocycles. The first-order valence-corrected chi connectivity index (χ1v) is 6.18. The molecule has 1 aromatic carbocycles. The molecule has 0 aliphatic heterocycles. The van der Waals surface area contributed by atoms with E-state index >= 15 is 0 Å². The fourth-order valence-electron chi connectivity index (χ4n) is 1.66. The number of nitrogens with two attached hydrogens (primary N) is 1. The van der Waals surface area contributed by atoms with E-state index in [0.29, 0.717) is 12.5 Å². The summed E-state index contributed by atoms with van der Waals surface area (Å²) >= 11 is 0. The van der Waals surface area contributed by atoms with Crippen molar-refractivity contribution in [3.8, 4) is 0 Å². The van der Waals surface area contributed by atoms with Crippen LogP contribution >= 0.6 is 0 Å². The molecule has 1 rings (SSSR count). The van der Waals surface area contributed by atoms with Crippen molar-refractivity contribution in [3.63, 3.8) is 0 Å². The molecule has 0 saturated heterocycles. The third-order valence-electron chi connectivity index (χ3n) is 2.84. The van der Waals surface area contributed by atoms with Gasteiger partial charge in [0, 0.05) is 12.1 Å². The fourth-order valence-corrected chi connectivity index (χ4v) is 1.66. The average Bonchev–Trinajstić information content (AvgIpc) is 2.34. The predicted octanol–water partition coefficient (Wildman–Crippen LogP) is 2.10. The van der Waals surface area contributed by atoms with Crippen molar-refractivity contribution in [2.45, 2.75) is 26.7 Å². The smallest absolute Gasteiger partial charge is 0.251 e. The Hall–Kier alpha value is -1.35. The minimum atomic E-state index is 0.00843. The van der Waals surface area contributed by atoms with E-state index in [1.54, 1.807) is 0 Å². The molecule has 0 radical (unpaired) electrons. The van der Waals surface area contributed by atoms with Gasteiger partial charge in [0.2, 0.25) is 0 Å². The number of carbonyl (C=O) groups is 1. The minimum absolute atomic E-state index is 0.00843. The number of hydrogen-bond acceptors (Lipinski definition) is 2. The number of carbonyl (C=O) groups excluding carboxylic acids is 1. The predicted molar refractivity (Wildman–Crippen MR) is 71.0 cm³/mol. The van der Waals surface area contributed by atoms with Crippen LogP contribution in [0.4, 0.5) is 0 Å². The second-order valence-electron chi connectivity index (χ2n) is 4.61. The molecule has 0 heterocycles. The standard InChI is InChI=1S/C14H22N2O/c1-11-5-3-7-13(9-11)14(17)16-8-4-6-12(2)10-15/h3,5,7,9,12H,4,6,8,10,15H2,1-2H3,(H,16,17). The Kier molecular flexibility index (Phi) is 5.70. The summed E-state index contributed by atoms with van der Waals surface area (Å²) in [4.78, 5) is 11.8. The Bertz CT molecular complexity index is 363. The van der Waals surface area contributed by atoms with Crippen LogP contribution in [-0.4, -0.2) is 19.0 Å². The third kappa shape index (κ3) is 5.00. The summed E-state index contributed by atoms with van der Waals surface area (Å²) in [5.74, 6) is 0.542. The van der Waals surface area contributed by atoms with E-state index in [4.69, 9.17) is 5.73 Å². The molecule has 0 aliphatic rings. The molecule has 1 unspecified atom stereocenters. The van der Waals surface area contributed by atoms with Crippen molar-refractivity contribution in [2.24, 2.45) is 11.7 Å². The highest BCUT2D eigenvalue weighted by Crippen LogP contribution is 2.05. The van der Waals surface area contributed by atoms with Gasteiger partial charge in [-0.2, -0.15) is 0 Å². The number of rotatable bonds is 6. The molecule has 1 atom stereocenters. The van der Waals surface area contributed by atoms with Crippen molar-refractivity contribution >= 4 is 5.91 Å². The summed E-state index contributed by atoms with van der Waals surface area (Å²) in [7, 11) is 0. The summed E-state index contributed by atoms with van der Waals surface area (Å²) in [6.07, 6.45) is 2.04. The van der Waals surface area contributed by atoms with Gasteiger partial charge in [0.05, 0.1) is 0 Å². The first kappa shape index (κ1) is 13.7. The Morgan fingerprint density at radius 3 is 2.88 bits per heavy atom. The maximum absolute atomic E-state index is 11.8. The summed E-state index contributed by atoms with van der Waals surface area (Å²) in [5, 5.41) is 2.93. The largest absolute Gasteiger partial charge is 0.352 e. The summed E-state index contributed by atoms with van der Waals surface area (Å²) in [6, 6.07) is 7.63. The number of benzene rings is 1. The van der Waals surface area contributed by atoms with Crippen LogP contribution in [0, 0.1) is 12.8 Å². The van der Waals surface area contributed by atoms with Crippen LogP contribution in [0.3, 0.4) is 0 Å². The molecule has 3 heteroatoms. The lowest BCUT2D eigenvalue weighted by Crippen LogP contribution is -2.25. The van der Waals surface area contributed by atoms with Crippen LogP contribution in [0.2, 0.25) is 0 Å². The van der Waals surface area contributed by atoms with Gasteiger partial charge in [0.15, 0.2) is 0 Å². The molecule has 0 bridgehead atoms. The zero-order valence-corrected chi connectivity index (χ0v) is 10.7. The van der Waals surface area contributed by atoms with Crippen molar-refractivity contribution in [1.82, 2.24) is 5.32 Å². The van der Waals surface area contributed by atoms with E-state index in [0.717, 1.165) is 30.5 Å². The zero-order chi connectivity index (χ0) is 12.7. The van der Waals surface area contributed by atoms with Gasteiger partial charge < -0.3 is 11.1 Å². The normalized spacial score (nSPS) is 12.2. The van der Waals surface area contributed by atoms with Crippen LogP contribution < -0.4 is 11.1 Å². The van der Waals surface area contributed by atoms with E-state index in [1.165, 1.54) is 0 Å². The lowest BCUT2D eigenvalue weighted by Gasteiger charge is -2.09. The topological polar surface area (TPSA) is 55.1 Å². The zero-order valence-electron chi connectivity index (χ0n) is 10.7. The quantitative estimate of drug-likeness (QED) is 0.741. The van der Waals surface area contributed by atoms with Gasteiger partial charge in [-0.1, -0.05) is 24.6 Å². The summed E-state index contributed by atoms with van der Waals surface area (Å²) < 4.78 is 0. The highest BCUT2D eigenvalue weighted by atomic mass is 16.1. The second kappa shape index (κ2) is 7.07. The maximum Gasteiger partial charge on any atom is 0.251 e. The molecule has 1 aromatic rings. The average molecular weight is 234 g/mol. The van der Waals surface area contributed by atoms with E-state index in [1.807, 2.05) is 31.2 Å². The monoisotopic (exact) mass is 234 g/mol. The van der Waals surface area contributed by atoms with Gasteiger partial charge >= 0.3 is 0 Å². The van der Waals surface area contributed by atoms with E-state index in [2.05, 4.69) is 12.2 Å². The van der Waals surface area contributed by atoms with Crippen LogP contribution in [0.25, 0.3) is 0 Å². The van der Waals surface area contributed by atoms with Gasteiger partial charge in [0.1, 0.15) is 0 Å². The number of amides is 1. The molecule has 3 N–H and O–H groups in total. The maximum atomic E-state index is 11.8. The molecule has 0 aromatic heterocycles. The Morgan fingerprint density at radius 2 is 2.24 bits per heavy atom. The number of aryl methyl sites for hydroxylation is 1. The minimum Gasteiger partial charge on any atom is -0.352 e. The van der Waals surface area contributed by atoms with E-state index < -0.39 is 0 Å². The van der Waals surface area contributed by atoms with E-state index in [-0.39, 0.29) is 5.91 Å². The first-order valence-electron chi connectivity index (χ1n) is 6.18. The van der Waals surface area contributed by atoms with Crippen LogP contribution in [0.15, 0.2) is 24.3 Å². The molecule has 17 heavy (non-hydrogen) atoms. The molecule has 0 fully saturated rings. The van der Waals surface area contributed by atoms with Gasteiger partial charge in [-0.15, -0.1) is 0 Å². The first-order chi connectivity index (χ1) is 8.13. The third-order valence-corrected chi connectivity index (χ3v) is 2.84. The van der Waals surface area contributed by atoms with Gasteiger partial charge in [-0.05, 0) is 44.4 Å². The van der Waals surface area contributed by atoms with Gasteiger partial charge in [-0.3, -0.25) is 4.79 Å². The summed E-state index contributed by atoms with van der Waals surface area (Å²) in [5.41, 5.74) is 7.37.